The van der Waals surface area contributed by atoms with Crippen LogP contribution in [0.5, 0.6) is 0 Å². The second-order valence-electron chi connectivity index (χ2n) is 3.46. The van der Waals surface area contributed by atoms with E-state index in [0.29, 0.717) is 0 Å². The molecule has 0 fully saturated rings. The molecule has 0 saturated carbocycles. The van der Waals surface area contributed by atoms with E-state index < -0.39 is 6.10 Å². The zero-order valence-corrected chi connectivity index (χ0v) is 8.48. The number of aliphatic hydroxyl groups is 1. The molecule has 14 heavy (non-hydrogen) atoms. The maximum absolute atomic E-state index is 9.87. The minimum absolute atomic E-state index is 0.0614. The van der Waals surface area contributed by atoms with E-state index in [1.165, 1.54) is 0 Å². The third-order valence-electron chi connectivity index (χ3n) is 2.28. The summed E-state index contributed by atoms with van der Waals surface area (Å²) < 4.78 is 0. The number of benzene rings is 1. The number of hydrogen-bond donors (Lipinski definition) is 1. The van der Waals surface area contributed by atoms with Crippen molar-refractivity contribution >= 4 is 0 Å². The predicted molar refractivity (Wildman–Crippen MR) is 60.2 cm³/mol. The molecule has 1 aromatic rings. The van der Waals surface area contributed by atoms with Crippen molar-refractivity contribution in [2.75, 3.05) is 0 Å². The zero-order valence-electron chi connectivity index (χ0n) is 8.48. The van der Waals surface area contributed by atoms with Gasteiger partial charge in [-0.25, -0.2) is 0 Å². The Hall–Kier alpha value is -1.34. The summed E-state index contributed by atoms with van der Waals surface area (Å²) in [4.78, 5) is 0. The molecule has 1 rings (SSSR count). The van der Waals surface area contributed by atoms with Crippen LogP contribution in [0.3, 0.4) is 0 Å². The van der Waals surface area contributed by atoms with Crippen molar-refractivity contribution in [3.8, 4) is 0 Å². The second-order valence-corrected chi connectivity index (χ2v) is 3.46. The van der Waals surface area contributed by atoms with Crippen molar-refractivity contribution in [1.82, 2.24) is 0 Å². The highest BCUT2D eigenvalue weighted by molar-refractivity contribution is 5.27. The first kappa shape index (κ1) is 10.7. The molecule has 2 atom stereocenters. The normalized spacial score (nSPS) is 14.4. The summed E-state index contributed by atoms with van der Waals surface area (Å²) in [6, 6.07) is 9.84. The SMILES string of the molecule is C=C[C@@H](c1ccccc1)[C@@H](O)C(=C)C. The topological polar surface area (TPSA) is 20.2 Å². The standard InChI is InChI=1S/C13H16O/c1-4-12(13(14)10(2)3)11-8-6-5-7-9-11/h4-9,12-14H,1-2H2,3H3/t12-,13-/m0/s1. The Morgan fingerprint density at radius 2 is 1.93 bits per heavy atom. The first-order valence-electron chi connectivity index (χ1n) is 4.67. The first-order chi connectivity index (χ1) is 6.66. The molecule has 0 amide bonds. The molecule has 0 spiro atoms. The van der Waals surface area contributed by atoms with Crippen LogP contribution in [0.2, 0.25) is 0 Å². The lowest BCUT2D eigenvalue weighted by atomic mass is 9.90. The Balaban J connectivity index is 2.93. The first-order valence-corrected chi connectivity index (χ1v) is 4.67. The van der Waals surface area contributed by atoms with Gasteiger partial charge < -0.3 is 5.11 Å². The third-order valence-corrected chi connectivity index (χ3v) is 2.28. The van der Waals surface area contributed by atoms with Crippen LogP contribution in [-0.4, -0.2) is 11.2 Å². The Morgan fingerprint density at radius 1 is 1.36 bits per heavy atom. The van der Waals surface area contributed by atoms with Gasteiger partial charge in [-0.1, -0.05) is 48.6 Å². The molecule has 1 heteroatoms. The van der Waals surface area contributed by atoms with E-state index in [4.69, 9.17) is 0 Å². The largest absolute Gasteiger partial charge is 0.388 e. The maximum Gasteiger partial charge on any atom is 0.0847 e. The van der Waals surface area contributed by atoms with Gasteiger partial charge in [0.1, 0.15) is 0 Å². The lowest BCUT2D eigenvalue weighted by Crippen LogP contribution is -2.17. The van der Waals surface area contributed by atoms with Crippen LogP contribution in [0.25, 0.3) is 0 Å². The van der Waals surface area contributed by atoms with Gasteiger partial charge >= 0.3 is 0 Å². The Labute approximate surface area is 85.4 Å². The van der Waals surface area contributed by atoms with E-state index >= 15 is 0 Å². The van der Waals surface area contributed by atoms with Crippen LogP contribution < -0.4 is 0 Å². The second kappa shape index (κ2) is 4.77. The highest BCUT2D eigenvalue weighted by Gasteiger charge is 2.17. The van der Waals surface area contributed by atoms with Crippen LogP contribution in [0.15, 0.2) is 55.1 Å². The van der Waals surface area contributed by atoms with Crippen LogP contribution in [-0.2, 0) is 0 Å². The van der Waals surface area contributed by atoms with Gasteiger partial charge in [-0.2, -0.15) is 0 Å². The highest BCUT2D eigenvalue weighted by Crippen LogP contribution is 2.24. The fourth-order valence-corrected chi connectivity index (χ4v) is 1.43. The molecular weight excluding hydrogens is 172 g/mol. The van der Waals surface area contributed by atoms with E-state index in [2.05, 4.69) is 13.2 Å². The number of aliphatic hydroxyl groups excluding tert-OH is 1. The summed E-state index contributed by atoms with van der Waals surface area (Å²) in [5.74, 6) is -0.0614. The fourth-order valence-electron chi connectivity index (χ4n) is 1.43. The summed E-state index contributed by atoms with van der Waals surface area (Å²) >= 11 is 0. The Kier molecular flexibility index (Phi) is 3.66. The maximum atomic E-state index is 9.87. The molecule has 0 aromatic heterocycles. The number of hydrogen-bond acceptors (Lipinski definition) is 1. The van der Waals surface area contributed by atoms with Crippen LogP contribution in [0, 0.1) is 0 Å². The average molecular weight is 188 g/mol. The zero-order chi connectivity index (χ0) is 10.6. The molecule has 0 aliphatic heterocycles. The van der Waals surface area contributed by atoms with Crippen molar-refractivity contribution < 1.29 is 5.11 Å². The van der Waals surface area contributed by atoms with Gasteiger partial charge in [0, 0.05) is 5.92 Å². The minimum atomic E-state index is -0.546. The lowest BCUT2D eigenvalue weighted by molar-refractivity contribution is 0.195. The van der Waals surface area contributed by atoms with Crippen LogP contribution in [0.4, 0.5) is 0 Å². The van der Waals surface area contributed by atoms with Gasteiger partial charge in [0.2, 0.25) is 0 Å². The molecule has 1 nitrogen and oxygen atoms in total. The van der Waals surface area contributed by atoms with Crippen molar-refractivity contribution in [3.05, 3.63) is 60.7 Å². The molecule has 0 aliphatic rings. The molecule has 0 radical (unpaired) electrons. The van der Waals surface area contributed by atoms with E-state index in [-0.39, 0.29) is 5.92 Å². The molecule has 0 unspecified atom stereocenters. The number of rotatable bonds is 4. The summed E-state index contributed by atoms with van der Waals surface area (Å²) in [5, 5.41) is 9.87. The van der Waals surface area contributed by atoms with E-state index in [9.17, 15) is 5.11 Å². The average Bonchev–Trinajstić information content (AvgIpc) is 2.20. The molecule has 0 heterocycles. The van der Waals surface area contributed by atoms with Gasteiger partial charge in [0.05, 0.1) is 6.10 Å². The Bertz CT molecular complexity index is 313. The van der Waals surface area contributed by atoms with Gasteiger partial charge in [0.25, 0.3) is 0 Å². The van der Waals surface area contributed by atoms with Gasteiger partial charge in [-0.05, 0) is 12.5 Å². The highest BCUT2D eigenvalue weighted by atomic mass is 16.3. The van der Waals surface area contributed by atoms with Gasteiger partial charge in [-0.3, -0.25) is 0 Å². The monoisotopic (exact) mass is 188 g/mol. The molecule has 0 saturated heterocycles. The van der Waals surface area contributed by atoms with Gasteiger partial charge in [0.15, 0.2) is 0 Å². The van der Waals surface area contributed by atoms with Crippen LogP contribution >= 0.6 is 0 Å². The van der Waals surface area contributed by atoms with Crippen molar-refractivity contribution in [2.45, 2.75) is 18.9 Å². The van der Waals surface area contributed by atoms with E-state index in [1.807, 2.05) is 37.3 Å². The van der Waals surface area contributed by atoms with Crippen molar-refractivity contribution in [2.24, 2.45) is 0 Å². The summed E-state index contributed by atoms with van der Waals surface area (Å²) in [7, 11) is 0. The molecule has 74 valence electrons. The van der Waals surface area contributed by atoms with Crippen molar-refractivity contribution in [3.63, 3.8) is 0 Å². The third kappa shape index (κ3) is 2.33. The molecule has 0 aliphatic carbocycles. The minimum Gasteiger partial charge on any atom is -0.388 e. The summed E-state index contributed by atoms with van der Waals surface area (Å²) in [6.07, 6.45) is 1.21. The molecule has 0 bridgehead atoms. The molecular formula is C13H16O. The summed E-state index contributed by atoms with van der Waals surface area (Å²) in [5.41, 5.74) is 1.83. The fraction of sp³-hybridized carbons (Fsp3) is 0.231. The van der Waals surface area contributed by atoms with Crippen molar-refractivity contribution in [1.29, 1.82) is 0 Å². The Morgan fingerprint density at radius 3 is 2.36 bits per heavy atom. The molecule has 1 aromatic carbocycles. The van der Waals surface area contributed by atoms with Crippen LogP contribution in [0.1, 0.15) is 18.4 Å². The smallest absolute Gasteiger partial charge is 0.0847 e. The van der Waals surface area contributed by atoms with E-state index in [1.54, 1.807) is 6.08 Å². The summed E-state index contributed by atoms with van der Waals surface area (Å²) in [6.45, 7) is 9.31. The van der Waals surface area contributed by atoms with E-state index in [0.717, 1.165) is 11.1 Å². The predicted octanol–water partition coefficient (Wildman–Crippen LogP) is 2.89. The molecule has 1 N–H and O–H groups in total. The lowest BCUT2D eigenvalue weighted by Gasteiger charge is -2.20. The van der Waals surface area contributed by atoms with Gasteiger partial charge in [-0.15, -0.1) is 6.58 Å². The quantitative estimate of drug-likeness (QED) is 0.720.